The summed E-state index contributed by atoms with van der Waals surface area (Å²) in [7, 11) is 0. The Hall–Kier alpha value is -2.28. The van der Waals surface area contributed by atoms with Gasteiger partial charge in [-0.05, 0) is 31.4 Å². The maximum Gasteiger partial charge on any atom is 0.270 e. The summed E-state index contributed by atoms with van der Waals surface area (Å²) in [6.45, 7) is 0. The van der Waals surface area contributed by atoms with Gasteiger partial charge in [-0.25, -0.2) is 4.98 Å². The molecule has 1 aliphatic carbocycles. The SMILES string of the molecule is N[C@@H]1CC[C@@H](NC(=O)c2cccc(-n3cnnc3)n2)C1. The zero-order valence-electron chi connectivity index (χ0n) is 10.9. The second-order valence-corrected chi connectivity index (χ2v) is 4.99. The van der Waals surface area contributed by atoms with Gasteiger partial charge in [-0.3, -0.25) is 9.36 Å². The largest absolute Gasteiger partial charge is 0.348 e. The molecule has 0 spiro atoms. The zero-order valence-corrected chi connectivity index (χ0v) is 10.9. The van der Waals surface area contributed by atoms with Gasteiger partial charge in [0.15, 0.2) is 0 Å². The van der Waals surface area contributed by atoms with Crippen LogP contribution in [0.5, 0.6) is 0 Å². The van der Waals surface area contributed by atoms with Gasteiger partial charge in [-0.15, -0.1) is 10.2 Å². The van der Waals surface area contributed by atoms with Crippen LogP contribution >= 0.6 is 0 Å². The van der Waals surface area contributed by atoms with Crippen LogP contribution < -0.4 is 11.1 Å². The minimum Gasteiger partial charge on any atom is -0.348 e. The summed E-state index contributed by atoms with van der Waals surface area (Å²) in [5, 5.41) is 10.4. The number of pyridine rings is 1. The van der Waals surface area contributed by atoms with Crippen molar-refractivity contribution in [2.45, 2.75) is 31.3 Å². The third kappa shape index (κ3) is 2.67. The molecule has 0 saturated heterocycles. The van der Waals surface area contributed by atoms with Gasteiger partial charge in [0, 0.05) is 12.1 Å². The Morgan fingerprint density at radius 1 is 1.30 bits per heavy atom. The molecule has 3 N–H and O–H groups in total. The molecule has 0 aromatic carbocycles. The van der Waals surface area contributed by atoms with Gasteiger partial charge in [-0.1, -0.05) is 6.07 Å². The van der Waals surface area contributed by atoms with E-state index in [1.807, 2.05) is 0 Å². The number of nitrogens with two attached hydrogens (primary N) is 1. The summed E-state index contributed by atoms with van der Waals surface area (Å²) in [6, 6.07) is 5.62. The van der Waals surface area contributed by atoms with Gasteiger partial charge in [0.05, 0.1) is 0 Å². The van der Waals surface area contributed by atoms with Gasteiger partial charge in [0.2, 0.25) is 0 Å². The van der Waals surface area contributed by atoms with Crippen LogP contribution in [0.25, 0.3) is 5.82 Å². The van der Waals surface area contributed by atoms with E-state index in [0.717, 1.165) is 19.3 Å². The molecule has 3 rings (SSSR count). The van der Waals surface area contributed by atoms with Gasteiger partial charge < -0.3 is 11.1 Å². The van der Waals surface area contributed by atoms with Crippen LogP contribution in [-0.4, -0.2) is 37.7 Å². The van der Waals surface area contributed by atoms with E-state index in [1.165, 1.54) is 0 Å². The van der Waals surface area contributed by atoms with Gasteiger partial charge in [0.1, 0.15) is 24.2 Å². The first kappa shape index (κ1) is 12.7. The Labute approximate surface area is 116 Å². The summed E-state index contributed by atoms with van der Waals surface area (Å²) in [5.41, 5.74) is 6.23. The molecule has 104 valence electrons. The molecule has 7 nitrogen and oxygen atoms in total. The average molecular weight is 272 g/mol. The minimum atomic E-state index is -0.168. The van der Waals surface area contributed by atoms with E-state index in [-0.39, 0.29) is 18.0 Å². The number of hydrogen-bond acceptors (Lipinski definition) is 5. The smallest absolute Gasteiger partial charge is 0.270 e. The van der Waals surface area contributed by atoms with E-state index < -0.39 is 0 Å². The molecular weight excluding hydrogens is 256 g/mol. The van der Waals surface area contributed by atoms with Gasteiger partial charge in [-0.2, -0.15) is 0 Å². The van der Waals surface area contributed by atoms with Crippen LogP contribution in [-0.2, 0) is 0 Å². The molecule has 0 unspecified atom stereocenters. The first-order valence-corrected chi connectivity index (χ1v) is 6.61. The highest BCUT2D eigenvalue weighted by Crippen LogP contribution is 2.17. The molecule has 1 aliphatic rings. The number of carbonyl (C=O) groups excluding carboxylic acids is 1. The highest BCUT2D eigenvalue weighted by molar-refractivity contribution is 5.92. The van der Waals surface area contributed by atoms with Crippen molar-refractivity contribution in [1.82, 2.24) is 25.1 Å². The number of rotatable bonds is 3. The van der Waals surface area contributed by atoms with Gasteiger partial charge in [0.25, 0.3) is 5.91 Å². The van der Waals surface area contributed by atoms with Crippen molar-refractivity contribution in [3.8, 4) is 5.82 Å². The number of hydrogen-bond donors (Lipinski definition) is 2. The quantitative estimate of drug-likeness (QED) is 0.835. The second-order valence-electron chi connectivity index (χ2n) is 4.99. The Bertz CT molecular complexity index is 597. The molecule has 20 heavy (non-hydrogen) atoms. The fourth-order valence-electron chi connectivity index (χ4n) is 2.42. The lowest BCUT2D eigenvalue weighted by Gasteiger charge is -2.12. The Kier molecular flexibility index (Phi) is 3.42. The van der Waals surface area contributed by atoms with Crippen LogP contribution in [0.15, 0.2) is 30.9 Å². The molecule has 2 aromatic heterocycles. The van der Waals surface area contributed by atoms with Crippen molar-refractivity contribution in [1.29, 1.82) is 0 Å². The van der Waals surface area contributed by atoms with E-state index in [9.17, 15) is 4.79 Å². The summed E-state index contributed by atoms with van der Waals surface area (Å²) < 4.78 is 1.66. The predicted molar refractivity (Wildman–Crippen MR) is 72.2 cm³/mol. The summed E-state index contributed by atoms with van der Waals surface area (Å²) in [5.74, 6) is 0.449. The van der Waals surface area contributed by atoms with E-state index in [1.54, 1.807) is 35.4 Å². The summed E-state index contributed by atoms with van der Waals surface area (Å²) in [4.78, 5) is 16.5. The molecule has 2 atom stereocenters. The Morgan fingerprint density at radius 3 is 2.80 bits per heavy atom. The molecule has 7 heteroatoms. The Morgan fingerprint density at radius 2 is 2.10 bits per heavy atom. The van der Waals surface area contributed by atoms with Crippen molar-refractivity contribution in [2.75, 3.05) is 0 Å². The van der Waals surface area contributed by atoms with Crippen molar-refractivity contribution in [2.24, 2.45) is 5.73 Å². The lowest BCUT2D eigenvalue weighted by molar-refractivity contribution is 0.0932. The predicted octanol–water partition coefficient (Wildman–Crippen LogP) is 0.272. The highest BCUT2D eigenvalue weighted by Gasteiger charge is 2.23. The monoisotopic (exact) mass is 272 g/mol. The number of nitrogens with one attached hydrogen (secondary N) is 1. The molecule has 2 heterocycles. The normalized spacial score (nSPS) is 21.9. The highest BCUT2D eigenvalue weighted by atomic mass is 16.1. The molecule has 0 bridgehead atoms. The fraction of sp³-hybridized carbons (Fsp3) is 0.385. The molecule has 2 aromatic rings. The first-order chi connectivity index (χ1) is 9.72. The average Bonchev–Trinajstić information content (AvgIpc) is 3.11. The number of nitrogens with zero attached hydrogens (tertiary/aromatic N) is 4. The first-order valence-electron chi connectivity index (χ1n) is 6.61. The third-order valence-corrected chi connectivity index (χ3v) is 3.46. The zero-order chi connectivity index (χ0) is 13.9. The van der Waals surface area contributed by atoms with Crippen LogP contribution in [0.4, 0.5) is 0 Å². The third-order valence-electron chi connectivity index (χ3n) is 3.46. The second kappa shape index (κ2) is 5.38. The number of carbonyl (C=O) groups is 1. The standard InChI is InChI=1S/C13H16N6O/c14-9-4-5-10(6-9)17-13(20)11-2-1-3-12(18-11)19-7-15-16-8-19/h1-3,7-10H,4-6,14H2,(H,17,20)/t9-,10-/m1/s1. The fourth-order valence-corrected chi connectivity index (χ4v) is 2.42. The van der Waals surface area contributed by atoms with Crippen LogP contribution in [0.2, 0.25) is 0 Å². The van der Waals surface area contributed by atoms with Crippen LogP contribution in [0.1, 0.15) is 29.8 Å². The summed E-state index contributed by atoms with van der Waals surface area (Å²) in [6.07, 6.45) is 5.80. The van der Waals surface area contributed by atoms with Crippen molar-refractivity contribution in [3.05, 3.63) is 36.5 Å². The summed E-state index contributed by atoms with van der Waals surface area (Å²) >= 11 is 0. The number of amides is 1. The van der Waals surface area contributed by atoms with E-state index >= 15 is 0 Å². The maximum atomic E-state index is 12.2. The van der Waals surface area contributed by atoms with Crippen molar-refractivity contribution < 1.29 is 4.79 Å². The molecule has 0 radical (unpaired) electrons. The van der Waals surface area contributed by atoms with E-state index in [0.29, 0.717) is 11.5 Å². The van der Waals surface area contributed by atoms with E-state index in [2.05, 4.69) is 20.5 Å². The molecule has 0 aliphatic heterocycles. The molecular formula is C13H16N6O. The lowest BCUT2D eigenvalue weighted by atomic mass is 10.2. The van der Waals surface area contributed by atoms with Gasteiger partial charge >= 0.3 is 0 Å². The molecule has 1 saturated carbocycles. The Balaban J connectivity index is 1.73. The van der Waals surface area contributed by atoms with Crippen molar-refractivity contribution in [3.63, 3.8) is 0 Å². The topological polar surface area (TPSA) is 98.7 Å². The lowest BCUT2D eigenvalue weighted by Crippen LogP contribution is -2.34. The van der Waals surface area contributed by atoms with E-state index in [4.69, 9.17) is 5.73 Å². The molecule has 1 amide bonds. The van der Waals surface area contributed by atoms with Crippen LogP contribution in [0.3, 0.4) is 0 Å². The number of aromatic nitrogens is 4. The molecule has 1 fully saturated rings. The van der Waals surface area contributed by atoms with Crippen molar-refractivity contribution >= 4 is 5.91 Å². The van der Waals surface area contributed by atoms with Crippen LogP contribution in [0, 0.1) is 0 Å². The maximum absolute atomic E-state index is 12.2. The minimum absolute atomic E-state index is 0.151.